The fourth-order valence-electron chi connectivity index (χ4n) is 1.51. The molecule has 0 unspecified atom stereocenters. The van der Waals surface area contributed by atoms with Gasteiger partial charge >= 0.3 is 0 Å². The number of anilines is 1. The van der Waals surface area contributed by atoms with Crippen LogP contribution in [0.1, 0.15) is 21.6 Å². The van der Waals surface area contributed by atoms with Gasteiger partial charge in [0, 0.05) is 12.1 Å². The van der Waals surface area contributed by atoms with E-state index < -0.39 is 5.91 Å². The maximum Gasteiger partial charge on any atom is 0.248 e. The van der Waals surface area contributed by atoms with Crippen molar-refractivity contribution >= 4 is 11.7 Å². The van der Waals surface area contributed by atoms with Crippen LogP contribution in [-0.2, 0) is 6.54 Å². The Labute approximate surface area is 109 Å². The summed E-state index contributed by atoms with van der Waals surface area (Å²) in [5, 5.41) is 19.2. The van der Waals surface area contributed by atoms with E-state index in [2.05, 4.69) is 15.5 Å². The molecular weight excluding hydrogens is 242 g/mol. The third kappa shape index (κ3) is 3.26. The zero-order valence-electron chi connectivity index (χ0n) is 10.00. The molecule has 0 saturated heterocycles. The monoisotopic (exact) mass is 253 g/mol. The van der Waals surface area contributed by atoms with Crippen LogP contribution in [0.5, 0.6) is 0 Å². The molecule has 0 radical (unpaired) electrons. The van der Waals surface area contributed by atoms with Crippen molar-refractivity contribution in [2.75, 3.05) is 5.32 Å². The predicted molar refractivity (Wildman–Crippen MR) is 69.0 cm³/mol. The van der Waals surface area contributed by atoms with Crippen LogP contribution in [0, 0.1) is 11.3 Å². The number of amides is 1. The van der Waals surface area contributed by atoms with Gasteiger partial charge in [-0.1, -0.05) is 12.1 Å². The first kappa shape index (κ1) is 12.5. The van der Waals surface area contributed by atoms with Crippen molar-refractivity contribution in [2.24, 2.45) is 5.73 Å². The van der Waals surface area contributed by atoms with Gasteiger partial charge < -0.3 is 11.1 Å². The lowest BCUT2D eigenvalue weighted by Crippen LogP contribution is -2.11. The Morgan fingerprint density at radius 2 is 2.16 bits per heavy atom. The Morgan fingerprint density at radius 3 is 2.79 bits per heavy atom. The molecule has 2 aromatic rings. The Hall–Kier alpha value is -2.94. The molecule has 0 bridgehead atoms. The molecular formula is C13H11N5O. The molecule has 1 heterocycles. The van der Waals surface area contributed by atoms with Crippen LogP contribution in [0.25, 0.3) is 0 Å². The molecule has 94 valence electrons. The van der Waals surface area contributed by atoms with Gasteiger partial charge in [-0.2, -0.15) is 5.26 Å². The summed E-state index contributed by atoms with van der Waals surface area (Å²) in [5.41, 5.74) is 6.84. The van der Waals surface area contributed by atoms with Crippen molar-refractivity contribution in [3.63, 3.8) is 0 Å². The summed E-state index contributed by atoms with van der Waals surface area (Å²) in [6.45, 7) is 0.488. The van der Waals surface area contributed by atoms with Gasteiger partial charge in [0.15, 0.2) is 5.69 Å². The summed E-state index contributed by atoms with van der Waals surface area (Å²) in [7, 11) is 0. The number of rotatable bonds is 4. The first-order valence-corrected chi connectivity index (χ1v) is 5.55. The minimum atomic E-state index is -0.458. The number of nitriles is 1. The highest BCUT2D eigenvalue weighted by Crippen LogP contribution is 2.08. The number of benzene rings is 1. The summed E-state index contributed by atoms with van der Waals surface area (Å²) in [5.74, 6) is 0.100. The van der Waals surface area contributed by atoms with E-state index in [1.54, 1.807) is 30.3 Å². The van der Waals surface area contributed by atoms with Crippen molar-refractivity contribution < 1.29 is 4.79 Å². The minimum absolute atomic E-state index is 0.265. The van der Waals surface area contributed by atoms with E-state index in [1.807, 2.05) is 12.1 Å². The molecule has 0 spiro atoms. The molecule has 0 atom stereocenters. The molecule has 0 aliphatic rings. The van der Waals surface area contributed by atoms with Gasteiger partial charge in [0.1, 0.15) is 11.9 Å². The highest BCUT2D eigenvalue weighted by molar-refractivity contribution is 5.92. The van der Waals surface area contributed by atoms with Gasteiger partial charge in [-0.25, -0.2) is 0 Å². The predicted octanol–water partition coefficient (Wildman–Crippen LogP) is 1.06. The van der Waals surface area contributed by atoms with E-state index in [0.29, 0.717) is 17.9 Å². The van der Waals surface area contributed by atoms with Gasteiger partial charge in [0.05, 0.1) is 0 Å². The van der Waals surface area contributed by atoms with Crippen LogP contribution in [0.2, 0.25) is 0 Å². The SMILES string of the molecule is N#Cc1ccc(NCc2cccc(C(N)=O)c2)nn1. The van der Waals surface area contributed by atoms with E-state index in [9.17, 15) is 4.79 Å². The van der Waals surface area contributed by atoms with E-state index >= 15 is 0 Å². The van der Waals surface area contributed by atoms with E-state index in [0.717, 1.165) is 5.56 Å². The second-order valence-corrected chi connectivity index (χ2v) is 3.83. The fraction of sp³-hybridized carbons (Fsp3) is 0.0769. The minimum Gasteiger partial charge on any atom is -0.366 e. The number of hydrogen-bond acceptors (Lipinski definition) is 5. The lowest BCUT2D eigenvalue weighted by Gasteiger charge is -2.05. The van der Waals surface area contributed by atoms with Crippen LogP contribution in [-0.4, -0.2) is 16.1 Å². The molecule has 1 aromatic heterocycles. The molecule has 6 nitrogen and oxygen atoms in total. The van der Waals surface area contributed by atoms with Crippen LogP contribution in [0.15, 0.2) is 36.4 Å². The first-order chi connectivity index (χ1) is 9.19. The van der Waals surface area contributed by atoms with Gasteiger partial charge in [-0.3, -0.25) is 4.79 Å². The maximum atomic E-state index is 11.0. The number of hydrogen-bond donors (Lipinski definition) is 2. The number of carbonyl (C=O) groups excluding carboxylic acids is 1. The topological polar surface area (TPSA) is 105 Å². The molecule has 6 heteroatoms. The van der Waals surface area contributed by atoms with Crippen molar-refractivity contribution in [1.29, 1.82) is 5.26 Å². The molecule has 3 N–H and O–H groups in total. The normalized spacial score (nSPS) is 9.63. The standard InChI is InChI=1S/C13H11N5O/c14-7-11-4-5-12(18-17-11)16-8-9-2-1-3-10(6-9)13(15)19/h1-6H,8H2,(H2,15,19)(H,16,18). The summed E-state index contributed by atoms with van der Waals surface area (Å²) < 4.78 is 0. The summed E-state index contributed by atoms with van der Waals surface area (Å²) in [6.07, 6.45) is 0. The maximum absolute atomic E-state index is 11.0. The average Bonchev–Trinajstić information content (AvgIpc) is 2.46. The van der Waals surface area contributed by atoms with Crippen molar-refractivity contribution in [1.82, 2.24) is 10.2 Å². The Bertz CT molecular complexity index is 630. The Balaban J connectivity index is 2.03. The first-order valence-electron chi connectivity index (χ1n) is 5.55. The average molecular weight is 253 g/mol. The van der Waals surface area contributed by atoms with E-state index in [1.165, 1.54) is 0 Å². The Kier molecular flexibility index (Phi) is 3.69. The van der Waals surface area contributed by atoms with Crippen LogP contribution in [0.3, 0.4) is 0 Å². The lowest BCUT2D eigenvalue weighted by molar-refractivity contribution is 0.1000. The zero-order chi connectivity index (χ0) is 13.7. The number of nitrogens with zero attached hydrogens (tertiary/aromatic N) is 3. The molecule has 19 heavy (non-hydrogen) atoms. The van der Waals surface area contributed by atoms with Crippen molar-refractivity contribution in [2.45, 2.75) is 6.54 Å². The molecule has 0 aliphatic heterocycles. The summed E-state index contributed by atoms with van der Waals surface area (Å²) in [4.78, 5) is 11.0. The quantitative estimate of drug-likeness (QED) is 0.847. The third-order valence-electron chi connectivity index (χ3n) is 2.46. The van der Waals surface area contributed by atoms with Crippen molar-refractivity contribution in [3.05, 3.63) is 53.2 Å². The number of nitrogens with two attached hydrogens (primary N) is 1. The molecule has 1 amide bonds. The van der Waals surface area contributed by atoms with Crippen LogP contribution in [0.4, 0.5) is 5.82 Å². The van der Waals surface area contributed by atoms with Gasteiger partial charge in [0.25, 0.3) is 0 Å². The fourth-order valence-corrected chi connectivity index (χ4v) is 1.51. The van der Waals surface area contributed by atoms with Gasteiger partial charge in [-0.05, 0) is 29.8 Å². The second kappa shape index (κ2) is 5.60. The molecule has 1 aromatic carbocycles. The molecule has 2 rings (SSSR count). The largest absolute Gasteiger partial charge is 0.366 e. The smallest absolute Gasteiger partial charge is 0.248 e. The number of aromatic nitrogens is 2. The summed E-state index contributed by atoms with van der Waals surface area (Å²) in [6, 6.07) is 12.2. The van der Waals surface area contributed by atoms with E-state index in [-0.39, 0.29) is 5.69 Å². The lowest BCUT2D eigenvalue weighted by atomic mass is 10.1. The van der Waals surface area contributed by atoms with Crippen LogP contribution >= 0.6 is 0 Å². The molecule has 0 aliphatic carbocycles. The van der Waals surface area contributed by atoms with Gasteiger partial charge in [0.2, 0.25) is 5.91 Å². The highest BCUT2D eigenvalue weighted by Gasteiger charge is 2.02. The Morgan fingerprint density at radius 1 is 1.32 bits per heavy atom. The second-order valence-electron chi connectivity index (χ2n) is 3.83. The third-order valence-corrected chi connectivity index (χ3v) is 2.46. The van der Waals surface area contributed by atoms with E-state index in [4.69, 9.17) is 11.0 Å². The van der Waals surface area contributed by atoms with Crippen LogP contribution < -0.4 is 11.1 Å². The zero-order valence-corrected chi connectivity index (χ0v) is 10.00. The molecule has 0 saturated carbocycles. The van der Waals surface area contributed by atoms with Crippen molar-refractivity contribution in [3.8, 4) is 6.07 Å². The molecule has 0 fully saturated rings. The van der Waals surface area contributed by atoms with Gasteiger partial charge in [-0.15, -0.1) is 10.2 Å². The highest BCUT2D eigenvalue weighted by atomic mass is 16.1. The summed E-state index contributed by atoms with van der Waals surface area (Å²) >= 11 is 0. The number of carbonyl (C=O) groups is 1. The number of nitrogens with one attached hydrogen (secondary N) is 1. The number of primary amides is 1.